The topological polar surface area (TPSA) is 44.4 Å². The fourth-order valence-corrected chi connectivity index (χ4v) is 3.25. The predicted octanol–water partition coefficient (Wildman–Crippen LogP) is 3.32. The summed E-state index contributed by atoms with van der Waals surface area (Å²) in [6.07, 6.45) is 2.27. The molecule has 0 radical (unpaired) electrons. The lowest BCUT2D eigenvalue weighted by Crippen LogP contribution is -2.43. The zero-order valence-corrected chi connectivity index (χ0v) is 15.0. The van der Waals surface area contributed by atoms with Crippen molar-refractivity contribution >= 4 is 6.03 Å². The highest BCUT2D eigenvalue weighted by molar-refractivity contribution is 5.74. The van der Waals surface area contributed by atoms with E-state index in [1.54, 1.807) is 0 Å². The monoisotopic (exact) mass is 337 g/mol. The molecule has 1 fully saturated rings. The minimum absolute atomic E-state index is 0.0249. The molecule has 1 aliphatic rings. The van der Waals surface area contributed by atoms with Crippen molar-refractivity contribution in [1.82, 2.24) is 15.5 Å². The molecule has 0 spiro atoms. The van der Waals surface area contributed by atoms with Crippen LogP contribution in [0.1, 0.15) is 30.0 Å². The van der Waals surface area contributed by atoms with Gasteiger partial charge >= 0.3 is 6.03 Å². The van der Waals surface area contributed by atoms with E-state index in [1.807, 2.05) is 38.4 Å². The lowest BCUT2D eigenvalue weighted by Gasteiger charge is -2.24. The first kappa shape index (κ1) is 17.5. The Hall–Kier alpha value is -2.33. The van der Waals surface area contributed by atoms with Gasteiger partial charge in [-0.15, -0.1) is 0 Å². The standard InChI is InChI=1S/C21H27N3O/c1-24(2)15-19(17-9-5-3-6-10-17)23-20(25)22-16-21(13-14-21)18-11-7-4-8-12-18/h3-12,19H,13-16H2,1-2H3,(H2,22,23,25). The Kier molecular flexibility index (Phi) is 5.39. The van der Waals surface area contributed by atoms with Gasteiger partial charge in [0, 0.05) is 18.5 Å². The molecule has 4 heteroatoms. The van der Waals surface area contributed by atoms with E-state index in [2.05, 4.69) is 51.9 Å². The summed E-state index contributed by atoms with van der Waals surface area (Å²) in [4.78, 5) is 14.6. The van der Waals surface area contributed by atoms with Crippen molar-refractivity contribution in [2.75, 3.05) is 27.2 Å². The molecule has 4 nitrogen and oxygen atoms in total. The van der Waals surface area contributed by atoms with Crippen LogP contribution in [0, 0.1) is 0 Å². The molecular formula is C21H27N3O. The number of benzene rings is 2. The maximum atomic E-state index is 12.5. The third-order valence-corrected chi connectivity index (χ3v) is 4.88. The van der Waals surface area contributed by atoms with Gasteiger partial charge in [0.1, 0.15) is 0 Å². The normalized spacial score (nSPS) is 16.3. The molecule has 2 N–H and O–H groups in total. The Labute approximate surface area is 150 Å². The van der Waals surface area contributed by atoms with Crippen LogP contribution in [0.3, 0.4) is 0 Å². The van der Waals surface area contributed by atoms with E-state index in [-0.39, 0.29) is 17.5 Å². The number of carbonyl (C=O) groups excluding carboxylic acids is 1. The summed E-state index contributed by atoms with van der Waals surface area (Å²) < 4.78 is 0. The first-order valence-corrected chi connectivity index (χ1v) is 8.89. The van der Waals surface area contributed by atoms with Gasteiger partial charge in [-0.2, -0.15) is 0 Å². The average Bonchev–Trinajstić information content (AvgIpc) is 3.42. The molecular weight excluding hydrogens is 310 g/mol. The van der Waals surface area contributed by atoms with Crippen molar-refractivity contribution in [2.24, 2.45) is 0 Å². The molecule has 3 rings (SSSR count). The van der Waals surface area contributed by atoms with Crippen LogP contribution in [0.15, 0.2) is 60.7 Å². The number of rotatable bonds is 7. The number of hydrogen-bond acceptors (Lipinski definition) is 2. The molecule has 1 unspecified atom stereocenters. The highest BCUT2D eigenvalue weighted by Crippen LogP contribution is 2.47. The Morgan fingerprint density at radius 2 is 1.64 bits per heavy atom. The summed E-state index contributed by atoms with van der Waals surface area (Å²) in [5.74, 6) is 0. The van der Waals surface area contributed by atoms with Crippen LogP contribution in [-0.2, 0) is 5.41 Å². The van der Waals surface area contributed by atoms with Crippen LogP contribution in [0.5, 0.6) is 0 Å². The number of amides is 2. The first-order valence-electron chi connectivity index (χ1n) is 8.89. The summed E-state index contributed by atoms with van der Waals surface area (Å²) >= 11 is 0. The molecule has 0 saturated heterocycles. The Morgan fingerprint density at radius 1 is 1.04 bits per heavy atom. The van der Waals surface area contributed by atoms with Crippen LogP contribution in [0.4, 0.5) is 4.79 Å². The Balaban J connectivity index is 1.59. The van der Waals surface area contributed by atoms with Gasteiger partial charge in [-0.05, 0) is 38.1 Å². The van der Waals surface area contributed by atoms with Gasteiger partial charge in [0.05, 0.1) is 6.04 Å². The second kappa shape index (κ2) is 7.70. The van der Waals surface area contributed by atoms with Crippen molar-refractivity contribution in [3.63, 3.8) is 0 Å². The molecule has 1 atom stereocenters. The molecule has 0 aliphatic heterocycles. The number of likely N-dealkylation sites (N-methyl/N-ethyl adjacent to an activating group) is 1. The van der Waals surface area contributed by atoms with Crippen molar-refractivity contribution in [1.29, 1.82) is 0 Å². The molecule has 0 aromatic heterocycles. The largest absolute Gasteiger partial charge is 0.337 e. The van der Waals surface area contributed by atoms with Crippen molar-refractivity contribution < 1.29 is 4.79 Å². The van der Waals surface area contributed by atoms with E-state index in [0.717, 1.165) is 24.9 Å². The quantitative estimate of drug-likeness (QED) is 0.814. The molecule has 1 aliphatic carbocycles. The second-order valence-corrected chi connectivity index (χ2v) is 7.20. The van der Waals surface area contributed by atoms with Gasteiger partial charge in [-0.25, -0.2) is 4.79 Å². The molecule has 2 amide bonds. The van der Waals surface area contributed by atoms with Crippen molar-refractivity contribution in [2.45, 2.75) is 24.3 Å². The summed E-state index contributed by atoms with van der Waals surface area (Å²) in [7, 11) is 4.04. The lowest BCUT2D eigenvalue weighted by atomic mass is 9.96. The van der Waals surface area contributed by atoms with Gasteiger partial charge in [-0.3, -0.25) is 0 Å². The predicted molar refractivity (Wildman–Crippen MR) is 102 cm³/mol. The third kappa shape index (κ3) is 4.60. The lowest BCUT2D eigenvalue weighted by molar-refractivity contribution is 0.232. The molecule has 2 aromatic rings. The summed E-state index contributed by atoms with van der Waals surface area (Å²) in [6, 6.07) is 20.5. The molecule has 25 heavy (non-hydrogen) atoms. The summed E-state index contributed by atoms with van der Waals surface area (Å²) in [5.41, 5.74) is 2.57. The van der Waals surface area contributed by atoms with Crippen LogP contribution < -0.4 is 10.6 Å². The van der Waals surface area contributed by atoms with E-state index < -0.39 is 0 Å². The summed E-state index contributed by atoms with van der Waals surface area (Å²) in [5, 5.41) is 6.21. The minimum atomic E-state index is -0.0992. The van der Waals surface area contributed by atoms with E-state index in [0.29, 0.717) is 6.54 Å². The molecule has 0 bridgehead atoms. The van der Waals surface area contributed by atoms with Gasteiger partial charge < -0.3 is 15.5 Å². The number of nitrogens with zero attached hydrogens (tertiary/aromatic N) is 1. The average molecular weight is 337 g/mol. The van der Waals surface area contributed by atoms with Crippen LogP contribution in [0.2, 0.25) is 0 Å². The Morgan fingerprint density at radius 3 is 2.20 bits per heavy atom. The fourth-order valence-electron chi connectivity index (χ4n) is 3.25. The number of carbonyl (C=O) groups is 1. The van der Waals surface area contributed by atoms with Gasteiger partial charge in [0.2, 0.25) is 0 Å². The Bertz CT molecular complexity index is 681. The smallest absolute Gasteiger partial charge is 0.315 e. The zero-order valence-electron chi connectivity index (χ0n) is 15.0. The number of urea groups is 1. The van der Waals surface area contributed by atoms with Gasteiger partial charge in [0.15, 0.2) is 0 Å². The van der Waals surface area contributed by atoms with E-state index in [4.69, 9.17) is 0 Å². The van der Waals surface area contributed by atoms with Crippen LogP contribution in [0.25, 0.3) is 0 Å². The first-order chi connectivity index (χ1) is 12.1. The molecule has 2 aromatic carbocycles. The molecule has 0 heterocycles. The van der Waals surface area contributed by atoms with E-state index in [9.17, 15) is 4.79 Å². The minimum Gasteiger partial charge on any atom is -0.337 e. The van der Waals surface area contributed by atoms with E-state index in [1.165, 1.54) is 5.56 Å². The molecule has 132 valence electrons. The fraction of sp³-hybridized carbons (Fsp3) is 0.381. The third-order valence-electron chi connectivity index (χ3n) is 4.88. The highest BCUT2D eigenvalue weighted by atomic mass is 16.2. The van der Waals surface area contributed by atoms with E-state index >= 15 is 0 Å². The van der Waals surface area contributed by atoms with Crippen LogP contribution in [-0.4, -0.2) is 38.1 Å². The van der Waals surface area contributed by atoms with Crippen molar-refractivity contribution in [3.8, 4) is 0 Å². The second-order valence-electron chi connectivity index (χ2n) is 7.20. The van der Waals surface area contributed by atoms with Crippen LogP contribution >= 0.6 is 0 Å². The maximum Gasteiger partial charge on any atom is 0.315 e. The number of hydrogen-bond donors (Lipinski definition) is 2. The summed E-state index contributed by atoms with van der Waals surface area (Å²) in [6.45, 7) is 1.45. The van der Waals surface area contributed by atoms with Gasteiger partial charge in [-0.1, -0.05) is 60.7 Å². The zero-order chi connectivity index (χ0) is 17.7. The highest BCUT2D eigenvalue weighted by Gasteiger charge is 2.44. The van der Waals surface area contributed by atoms with Gasteiger partial charge in [0.25, 0.3) is 0 Å². The van der Waals surface area contributed by atoms with Crippen molar-refractivity contribution in [3.05, 3.63) is 71.8 Å². The number of nitrogens with one attached hydrogen (secondary N) is 2. The SMILES string of the molecule is CN(C)CC(NC(=O)NCC1(c2ccccc2)CC1)c1ccccc1. The molecule has 1 saturated carbocycles. The maximum absolute atomic E-state index is 12.5.